The normalized spacial score (nSPS) is 16.3. The van der Waals surface area contributed by atoms with Crippen molar-refractivity contribution in [2.24, 2.45) is 11.1 Å². The number of ether oxygens (including phenoxy) is 1. The Balaban J connectivity index is 2.13. The van der Waals surface area contributed by atoms with Crippen molar-refractivity contribution in [2.75, 3.05) is 24.3 Å². The van der Waals surface area contributed by atoms with Gasteiger partial charge < -0.3 is 21.1 Å². The highest BCUT2D eigenvalue weighted by Gasteiger charge is 2.33. The summed E-state index contributed by atoms with van der Waals surface area (Å²) in [4.78, 5) is 23.9. The van der Waals surface area contributed by atoms with Gasteiger partial charge in [-0.3, -0.25) is 9.59 Å². The van der Waals surface area contributed by atoms with E-state index in [1.807, 2.05) is 0 Å². The number of benzene rings is 1. The second-order valence-corrected chi connectivity index (χ2v) is 6.58. The van der Waals surface area contributed by atoms with Crippen LogP contribution in [-0.2, 0) is 9.59 Å². The van der Waals surface area contributed by atoms with E-state index in [4.69, 9.17) is 10.5 Å². The van der Waals surface area contributed by atoms with Crippen LogP contribution in [0.4, 0.5) is 11.4 Å². The van der Waals surface area contributed by atoms with Gasteiger partial charge in [0.25, 0.3) is 0 Å². The van der Waals surface area contributed by atoms with Gasteiger partial charge in [-0.05, 0) is 36.9 Å². The first-order valence-corrected chi connectivity index (χ1v) is 8.43. The van der Waals surface area contributed by atoms with Gasteiger partial charge in [0.1, 0.15) is 5.75 Å². The molecule has 1 aromatic rings. The summed E-state index contributed by atoms with van der Waals surface area (Å²) >= 11 is 0. The molecule has 0 spiro atoms. The molecule has 24 heavy (non-hydrogen) atoms. The number of nitrogens with one attached hydrogen (secondary N) is 2. The highest BCUT2D eigenvalue weighted by Crippen LogP contribution is 2.39. The van der Waals surface area contributed by atoms with Gasteiger partial charge in [-0.15, -0.1) is 0 Å². The maximum absolute atomic E-state index is 12.6. The lowest BCUT2D eigenvalue weighted by molar-refractivity contribution is -0.119. The van der Waals surface area contributed by atoms with E-state index >= 15 is 0 Å². The van der Waals surface area contributed by atoms with E-state index in [-0.39, 0.29) is 17.2 Å². The molecule has 0 radical (unpaired) electrons. The molecule has 2 amide bonds. The summed E-state index contributed by atoms with van der Waals surface area (Å²) in [7, 11) is 1.56. The van der Waals surface area contributed by atoms with Crippen molar-refractivity contribution in [1.29, 1.82) is 0 Å². The van der Waals surface area contributed by atoms with Gasteiger partial charge in [-0.1, -0.05) is 19.3 Å². The van der Waals surface area contributed by atoms with Gasteiger partial charge in [-0.2, -0.15) is 0 Å². The summed E-state index contributed by atoms with van der Waals surface area (Å²) in [5.41, 5.74) is 6.96. The van der Waals surface area contributed by atoms with Crippen LogP contribution >= 0.6 is 0 Å². The summed E-state index contributed by atoms with van der Waals surface area (Å²) < 4.78 is 5.20. The molecule has 6 nitrogen and oxygen atoms in total. The molecule has 0 aliphatic heterocycles. The second-order valence-electron chi connectivity index (χ2n) is 6.58. The Bertz CT molecular complexity index is 595. The van der Waals surface area contributed by atoms with Gasteiger partial charge in [-0.25, -0.2) is 0 Å². The molecule has 1 saturated carbocycles. The van der Waals surface area contributed by atoms with E-state index in [1.54, 1.807) is 25.3 Å². The van der Waals surface area contributed by atoms with E-state index in [0.29, 0.717) is 30.1 Å². The molecule has 0 saturated heterocycles. The molecular formula is C18H27N3O3. The van der Waals surface area contributed by atoms with E-state index in [0.717, 1.165) is 25.7 Å². The monoisotopic (exact) mass is 333 g/mol. The van der Waals surface area contributed by atoms with Crippen LogP contribution in [-0.4, -0.2) is 25.5 Å². The minimum absolute atomic E-state index is 0.0813. The Morgan fingerprint density at radius 2 is 1.88 bits per heavy atom. The van der Waals surface area contributed by atoms with Crippen molar-refractivity contribution in [2.45, 2.75) is 45.4 Å². The summed E-state index contributed by atoms with van der Waals surface area (Å²) in [5, 5.41) is 5.63. The number of hydrogen-bond donors (Lipinski definition) is 3. The van der Waals surface area contributed by atoms with Gasteiger partial charge in [0.15, 0.2) is 0 Å². The van der Waals surface area contributed by atoms with Gasteiger partial charge in [0.2, 0.25) is 11.8 Å². The number of carbonyl (C=O) groups excluding carboxylic acids is 2. The number of anilines is 2. The average molecular weight is 333 g/mol. The SMILES string of the molecule is COc1ccc(NC(C)=O)c(NC(=O)CC2(CN)CCCCC2)c1. The van der Waals surface area contributed by atoms with Crippen LogP contribution in [0, 0.1) is 5.41 Å². The van der Waals surface area contributed by atoms with Crippen LogP contribution in [0.5, 0.6) is 5.75 Å². The average Bonchev–Trinajstić information content (AvgIpc) is 2.56. The van der Waals surface area contributed by atoms with Gasteiger partial charge in [0, 0.05) is 19.4 Å². The largest absolute Gasteiger partial charge is 0.497 e. The highest BCUT2D eigenvalue weighted by molar-refractivity contribution is 5.99. The zero-order chi connectivity index (χ0) is 17.6. The van der Waals surface area contributed by atoms with Crippen LogP contribution in [0.25, 0.3) is 0 Å². The minimum atomic E-state index is -0.193. The maximum atomic E-state index is 12.6. The summed E-state index contributed by atoms with van der Waals surface area (Å²) in [6.07, 6.45) is 5.86. The lowest BCUT2D eigenvalue weighted by Gasteiger charge is -2.35. The van der Waals surface area contributed by atoms with Crippen LogP contribution in [0.1, 0.15) is 45.4 Å². The zero-order valence-corrected chi connectivity index (χ0v) is 14.5. The zero-order valence-electron chi connectivity index (χ0n) is 14.5. The third kappa shape index (κ3) is 4.71. The number of amides is 2. The van der Waals surface area contributed by atoms with Crippen molar-refractivity contribution >= 4 is 23.2 Å². The molecule has 1 aromatic carbocycles. The predicted molar refractivity (Wildman–Crippen MR) is 95.1 cm³/mol. The Morgan fingerprint density at radius 3 is 2.46 bits per heavy atom. The molecule has 0 heterocycles. The van der Waals surface area contributed by atoms with Crippen LogP contribution in [0.2, 0.25) is 0 Å². The summed E-state index contributed by atoms with van der Waals surface area (Å²) in [6.45, 7) is 1.96. The predicted octanol–water partition coefficient (Wildman–Crippen LogP) is 2.89. The van der Waals surface area contributed by atoms with Crippen molar-refractivity contribution in [1.82, 2.24) is 0 Å². The molecule has 2 rings (SSSR count). The fraction of sp³-hybridized carbons (Fsp3) is 0.556. The summed E-state index contributed by atoms with van der Waals surface area (Å²) in [5.74, 6) is 0.342. The molecule has 0 aromatic heterocycles. The molecule has 6 heteroatoms. The molecule has 0 bridgehead atoms. The molecular weight excluding hydrogens is 306 g/mol. The van der Waals surface area contributed by atoms with Gasteiger partial charge >= 0.3 is 0 Å². The minimum Gasteiger partial charge on any atom is -0.497 e. The third-order valence-electron chi connectivity index (χ3n) is 4.69. The van der Waals surface area contributed by atoms with Crippen molar-refractivity contribution in [3.05, 3.63) is 18.2 Å². The Kier molecular flexibility index (Phi) is 6.20. The number of rotatable bonds is 6. The van der Waals surface area contributed by atoms with Crippen molar-refractivity contribution in [3.63, 3.8) is 0 Å². The Morgan fingerprint density at radius 1 is 1.17 bits per heavy atom. The molecule has 1 fully saturated rings. The topological polar surface area (TPSA) is 93.5 Å². The first-order valence-electron chi connectivity index (χ1n) is 8.43. The molecule has 0 atom stereocenters. The van der Waals surface area contributed by atoms with E-state index in [9.17, 15) is 9.59 Å². The van der Waals surface area contributed by atoms with E-state index in [2.05, 4.69) is 10.6 Å². The van der Waals surface area contributed by atoms with Gasteiger partial charge in [0.05, 0.1) is 18.5 Å². The molecule has 1 aliphatic rings. The first kappa shape index (κ1) is 18.3. The number of nitrogens with two attached hydrogens (primary N) is 1. The number of methoxy groups -OCH3 is 1. The smallest absolute Gasteiger partial charge is 0.225 e. The fourth-order valence-electron chi connectivity index (χ4n) is 3.34. The standard InChI is InChI=1S/C18H27N3O3/c1-13(22)20-15-7-6-14(24-2)10-16(15)21-17(23)11-18(12-19)8-4-3-5-9-18/h6-7,10H,3-5,8-9,11-12,19H2,1-2H3,(H,20,22)(H,21,23). The maximum Gasteiger partial charge on any atom is 0.225 e. The van der Waals surface area contributed by atoms with Crippen molar-refractivity contribution < 1.29 is 14.3 Å². The second kappa shape index (κ2) is 8.15. The van der Waals surface area contributed by atoms with E-state index in [1.165, 1.54) is 13.3 Å². The lowest BCUT2D eigenvalue weighted by Crippen LogP contribution is -2.36. The summed E-state index contributed by atoms with van der Waals surface area (Å²) in [6, 6.07) is 5.16. The third-order valence-corrected chi connectivity index (χ3v) is 4.69. The quantitative estimate of drug-likeness (QED) is 0.746. The Hall–Kier alpha value is -2.08. The highest BCUT2D eigenvalue weighted by atomic mass is 16.5. The molecule has 4 N–H and O–H groups in total. The van der Waals surface area contributed by atoms with Crippen LogP contribution in [0.3, 0.4) is 0 Å². The number of hydrogen-bond acceptors (Lipinski definition) is 4. The fourth-order valence-corrected chi connectivity index (χ4v) is 3.34. The molecule has 1 aliphatic carbocycles. The van der Waals surface area contributed by atoms with Crippen LogP contribution < -0.4 is 21.1 Å². The first-order chi connectivity index (χ1) is 11.5. The van der Waals surface area contributed by atoms with Crippen LogP contribution in [0.15, 0.2) is 18.2 Å². The Labute approximate surface area is 143 Å². The lowest BCUT2D eigenvalue weighted by atomic mass is 9.71. The molecule has 132 valence electrons. The van der Waals surface area contributed by atoms with E-state index < -0.39 is 0 Å². The molecule has 0 unspecified atom stereocenters. The van der Waals surface area contributed by atoms with Crippen molar-refractivity contribution in [3.8, 4) is 5.75 Å². The number of carbonyl (C=O) groups is 2.